The van der Waals surface area contributed by atoms with Crippen LogP contribution in [0, 0.1) is 0 Å². The van der Waals surface area contributed by atoms with Gasteiger partial charge >= 0.3 is 11.9 Å². The Kier molecular flexibility index (Phi) is 37.0. The predicted octanol–water partition coefficient (Wildman–Crippen LogP) is 12.5. The van der Waals surface area contributed by atoms with Crippen molar-refractivity contribution >= 4 is 11.9 Å². The van der Waals surface area contributed by atoms with Gasteiger partial charge in [0.05, 0.1) is 6.61 Å². The van der Waals surface area contributed by atoms with Crippen LogP contribution in [0.4, 0.5) is 0 Å². The van der Waals surface area contributed by atoms with Crippen LogP contribution in [0.2, 0.25) is 0 Å². The molecule has 0 bridgehead atoms. The molecular formula is C42H76O5. The van der Waals surface area contributed by atoms with Crippen LogP contribution in [-0.4, -0.2) is 36.4 Å². The molecule has 0 aliphatic heterocycles. The SMILES string of the molecule is CCCCC/C=C/C/C=C/C/C=C/CCCCCCC(=O)OC[C@H](CO)OC(=O)CCCCCCCCCCCCCCCCCC. The third-order valence-electron chi connectivity index (χ3n) is 8.69. The summed E-state index contributed by atoms with van der Waals surface area (Å²) < 4.78 is 10.6. The Balaban J connectivity index is 3.58. The summed E-state index contributed by atoms with van der Waals surface area (Å²) in [5, 5.41) is 9.55. The number of ether oxygens (including phenoxy) is 2. The molecule has 0 aromatic rings. The zero-order chi connectivity index (χ0) is 34.3. The van der Waals surface area contributed by atoms with Gasteiger partial charge in [-0.3, -0.25) is 9.59 Å². The zero-order valence-electron chi connectivity index (χ0n) is 31.0. The van der Waals surface area contributed by atoms with Gasteiger partial charge in [-0.05, 0) is 51.4 Å². The van der Waals surface area contributed by atoms with Crippen molar-refractivity contribution in [2.24, 2.45) is 0 Å². The summed E-state index contributed by atoms with van der Waals surface area (Å²) in [6.45, 7) is 4.10. The number of unbranched alkanes of at least 4 members (excludes halogenated alkanes) is 22. The molecule has 1 atom stereocenters. The van der Waals surface area contributed by atoms with Gasteiger partial charge in [-0.1, -0.05) is 172 Å². The maximum absolute atomic E-state index is 12.2. The Morgan fingerprint density at radius 3 is 1.32 bits per heavy atom. The van der Waals surface area contributed by atoms with Crippen molar-refractivity contribution in [1.82, 2.24) is 0 Å². The third-order valence-corrected chi connectivity index (χ3v) is 8.69. The number of carbonyl (C=O) groups excluding carboxylic acids is 2. The van der Waals surface area contributed by atoms with E-state index in [1.807, 2.05) is 0 Å². The van der Waals surface area contributed by atoms with Crippen molar-refractivity contribution in [1.29, 1.82) is 0 Å². The fourth-order valence-corrected chi connectivity index (χ4v) is 5.62. The van der Waals surface area contributed by atoms with E-state index in [9.17, 15) is 14.7 Å². The van der Waals surface area contributed by atoms with Crippen LogP contribution < -0.4 is 0 Å². The minimum absolute atomic E-state index is 0.0749. The van der Waals surface area contributed by atoms with Gasteiger partial charge in [0.1, 0.15) is 6.61 Å². The number of carbonyl (C=O) groups is 2. The summed E-state index contributed by atoms with van der Waals surface area (Å²) in [4.78, 5) is 24.2. The van der Waals surface area contributed by atoms with Gasteiger partial charge in [0.2, 0.25) is 0 Å². The summed E-state index contributed by atoms with van der Waals surface area (Å²) in [5.74, 6) is -0.611. The molecule has 0 aliphatic carbocycles. The summed E-state index contributed by atoms with van der Waals surface area (Å²) in [6.07, 6.45) is 46.3. The van der Waals surface area contributed by atoms with Gasteiger partial charge in [0.25, 0.3) is 0 Å². The fourth-order valence-electron chi connectivity index (χ4n) is 5.62. The van der Waals surface area contributed by atoms with Crippen molar-refractivity contribution in [2.75, 3.05) is 13.2 Å². The number of hydrogen-bond donors (Lipinski definition) is 1. The van der Waals surface area contributed by atoms with Crippen LogP contribution in [0.3, 0.4) is 0 Å². The van der Waals surface area contributed by atoms with Crippen LogP contribution in [0.25, 0.3) is 0 Å². The minimum Gasteiger partial charge on any atom is -0.462 e. The third kappa shape index (κ3) is 36.8. The molecule has 0 rings (SSSR count). The number of aliphatic hydroxyl groups is 1. The van der Waals surface area contributed by atoms with Crippen molar-refractivity contribution in [3.8, 4) is 0 Å². The number of hydrogen-bond acceptors (Lipinski definition) is 5. The van der Waals surface area contributed by atoms with Gasteiger partial charge in [0, 0.05) is 12.8 Å². The molecule has 5 nitrogen and oxygen atoms in total. The number of rotatable bonds is 36. The summed E-state index contributed by atoms with van der Waals surface area (Å²) in [5.41, 5.74) is 0. The minimum atomic E-state index is -0.777. The van der Waals surface area contributed by atoms with Crippen LogP contribution in [0.15, 0.2) is 36.5 Å². The van der Waals surface area contributed by atoms with Crippen molar-refractivity contribution in [3.05, 3.63) is 36.5 Å². The van der Waals surface area contributed by atoms with Crippen LogP contribution in [0.1, 0.15) is 200 Å². The second-order valence-electron chi connectivity index (χ2n) is 13.4. The van der Waals surface area contributed by atoms with E-state index in [0.29, 0.717) is 12.8 Å². The van der Waals surface area contributed by atoms with Crippen LogP contribution in [0.5, 0.6) is 0 Å². The molecule has 0 spiro atoms. The molecule has 0 aromatic carbocycles. The molecule has 47 heavy (non-hydrogen) atoms. The average molecular weight is 661 g/mol. The molecule has 0 saturated heterocycles. The molecule has 0 unspecified atom stereocenters. The zero-order valence-corrected chi connectivity index (χ0v) is 31.0. The summed E-state index contributed by atoms with van der Waals surface area (Å²) in [7, 11) is 0. The van der Waals surface area contributed by atoms with Crippen LogP contribution >= 0.6 is 0 Å². The first kappa shape index (κ1) is 45.1. The molecule has 0 aliphatic rings. The standard InChI is InChI=1S/C42H76O5/c1-3-5-7-9-11-13-15-17-19-21-23-24-26-28-30-32-34-36-41(44)46-39-40(38-43)47-42(45)37-35-33-31-29-27-25-22-20-18-16-14-12-10-8-6-4-2/h11,13,17,19,23-24,40,43H,3-10,12,14-16,18,20-22,25-39H2,1-2H3/b13-11+,19-17+,24-23+/t40-/m0/s1. The number of esters is 2. The van der Waals surface area contributed by atoms with E-state index in [1.165, 1.54) is 109 Å². The van der Waals surface area contributed by atoms with E-state index in [0.717, 1.165) is 64.2 Å². The summed E-state index contributed by atoms with van der Waals surface area (Å²) >= 11 is 0. The normalized spacial score (nSPS) is 12.5. The molecule has 0 fully saturated rings. The van der Waals surface area contributed by atoms with Gasteiger partial charge in [-0.2, -0.15) is 0 Å². The predicted molar refractivity (Wildman–Crippen MR) is 201 cm³/mol. The quantitative estimate of drug-likeness (QED) is 0.0411. The summed E-state index contributed by atoms with van der Waals surface area (Å²) in [6, 6.07) is 0. The Morgan fingerprint density at radius 2 is 0.851 bits per heavy atom. The van der Waals surface area contributed by atoms with Gasteiger partial charge in [0.15, 0.2) is 6.10 Å². The lowest BCUT2D eigenvalue weighted by Crippen LogP contribution is -2.28. The molecule has 5 heteroatoms. The highest BCUT2D eigenvalue weighted by Gasteiger charge is 2.16. The second kappa shape index (κ2) is 38.6. The molecule has 274 valence electrons. The highest BCUT2D eigenvalue weighted by atomic mass is 16.6. The van der Waals surface area contributed by atoms with Gasteiger partial charge in [-0.15, -0.1) is 0 Å². The smallest absolute Gasteiger partial charge is 0.306 e. The Bertz CT molecular complexity index is 756. The number of aliphatic hydroxyl groups excluding tert-OH is 1. The molecule has 0 amide bonds. The Labute approximate surface area is 291 Å². The largest absolute Gasteiger partial charge is 0.462 e. The molecule has 0 radical (unpaired) electrons. The molecular weight excluding hydrogens is 584 g/mol. The first-order valence-corrected chi connectivity index (χ1v) is 20.0. The molecule has 0 aromatic heterocycles. The lowest BCUT2D eigenvalue weighted by Gasteiger charge is -2.15. The topological polar surface area (TPSA) is 72.8 Å². The van der Waals surface area contributed by atoms with Gasteiger partial charge < -0.3 is 14.6 Å². The van der Waals surface area contributed by atoms with E-state index in [-0.39, 0.29) is 25.2 Å². The molecule has 1 N–H and O–H groups in total. The fraction of sp³-hybridized carbons (Fsp3) is 0.810. The Morgan fingerprint density at radius 1 is 0.489 bits per heavy atom. The highest BCUT2D eigenvalue weighted by molar-refractivity contribution is 5.70. The van der Waals surface area contributed by atoms with E-state index in [2.05, 4.69) is 50.3 Å². The lowest BCUT2D eigenvalue weighted by molar-refractivity contribution is -0.161. The lowest BCUT2D eigenvalue weighted by atomic mass is 10.0. The monoisotopic (exact) mass is 661 g/mol. The van der Waals surface area contributed by atoms with E-state index >= 15 is 0 Å². The van der Waals surface area contributed by atoms with Crippen molar-refractivity contribution < 1.29 is 24.2 Å². The highest BCUT2D eigenvalue weighted by Crippen LogP contribution is 2.14. The molecule has 0 heterocycles. The van der Waals surface area contributed by atoms with E-state index in [4.69, 9.17) is 9.47 Å². The van der Waals surface area contributed by atoms with E-state index < -0.39 is 6.10 Å². The van der Waals surface area contributed by atoms with Gasteiger partial charge in [-0.25, -0.2) is 0 Å². The first-order chi connectivity index (χ1) is 23.1. The Hall–Kier alpha value is -1.88. The average Bonchev–Trinajstić information content (AvgIpc) is 3.07. The first-order valence-electron chi connectivity index (χ1n) is 20.0. The van der Waals surface area contributed by atoms with Crippen molar-refractivity contribution in [2.45, 2.75) is 206 Å². The maximum atomic E-state index is 12.2. The van der Waals surface area contributed by atoms with Crippen molar-refractivity contribution in [3.63, 3.8) is 0 Å². The molecule has 0 saturated carbocycles. The maximum Gasteiger partial charge on any atom is 0.306 e. The van der Waals surface area contributed by atoms with E-state index in [1.54, 1.807) is 0 Å². The second-order valence-corrected chi connectivity index (χ2v) is 13.4. The number of allylic oxidation sites excluding steroid dienone is 6. The van der Waals surface area contributed by atoms with Crippen LogP contribution in [-0.2, 0) is 19.1 Å².